The number of phenols is 1. The van der Waals surface area contributed by atoms with Gasteiger partial charge in [-0.15, -0.1) is 0 Å². The van der Waals surface area contributed by atoms with Gasteiger partial charge in [0.05, 0.1) is 39.5 Å². The van der Waals surface area contributed by atoms with Crippen LogP contribution < -0.4 is 18.9 Å². The quantitative estimate of drug-likeness (QED) is 0.332. The number of aliphatic hydroxyl groups excluding tert-OH is 2. The number of ether oxygens (including phenoxy) is 9. The lowest BCUT2D eigenvalue weighted by atomic mass is 9.66. The van der Waals surface area contributed by atoms with Gasteiger partial charge >= 0.3 is 12.1 Å². The number of phenolic OH excluding ortho intramolecular Hbond substituents is 1. The predicted molar refractivity (Wildman–Crippen MR) is 160 cm³/mol. The number of carboxylic acid groups (broad SMARTS) is 1. The Morgan fingerprint density at radius 1 is 0.917 bits per heavy atom. The van der Waals surface area contributed by atoms with E-state index in [0.717, 1.165) is 4.90 Å². The fourth-order valence-electron chi connectivity index (χ4n) is 6.74. The lowest BCUT2D eigenvalue weighted by Crippen LogP contribution is -2.63. The molecule has 1 aliphatic carbocycles. The third-order valence-corrected chi connectivity index (χ3v) is 9.13. The van der Waals surface area contributed by atoms with E-state index in [0.29, 0.717) is 28.2 Å². The first-order chi connectivity index (χ1) is 22.9. The van der Waals surface area contributed by atoms with E-state index in [1.54, 1.807) is 31.2 Å². The van der Waals surface area contributed by atoms with Gasteiger partial charge in [0.2, 0.25) is 12.5 Å². The van der Waals surface area contributed by atoms with Crippen molar-refractivity contribution in [3.63, 3.8) is 0 Å². The zero-order valence-corrected chi connectivity index (χ0v) is 26.9. The van der Waals surface area contributed by atoms with Crippen LogP contribution in [-0.2, 0) is 28.5 Å². The Hall–Kier alpha value is -4.06. The summed E-state index contributed by atoms with van der Waals surface area (Å²) in [5, 5.41) is 40.4. The number of hydrogen-bond acceptors (Lipinski definition) is 14. The minimum absolute atomic E-state index is 0.0301. The number of carbonyl (C=O) groups excluding carboxylic acids is 1. The normalized spacial score (nSPS) is 32.9. The van der Waals surface area contributed by atoms with E-state index in [1.165, 1.54) is 28.3 Å². The second-order valence-corrected chi connectivity index (χ2v) is 12.2. The molecule has 5 aliphatic rings. The monoisotopic (exact) mass is 677 g/mol. The molecule has 4 heterocycles. The molecule has 3 saturated heterocycles. The lowest BCUT2D eigenvalue weighted by Gasteiger charge is -2.47. The number of amides is 1. The molecular formula is C32H39NO15. The maximum absolute atomic E-state index is 13.4. The summed E-state index contributed by atoms with van der Waals surface area (Å²) in [6, 6.07) is 6.93. The Labute approximate surface area is 275 Å². The minimum atomic E-state index is -1.44. The zero-order chi connectivity index (χ0) is 34.4. The first kappa shape index (κ1) is 33.8. The van der Waals surface area contributed by atoms with Crippen molar-refractivity contribution in [1.82, 2.24) is 4.90 Å². The molecule has 4 N–H and O–H groups in total. The number of methoxy groups -OCH3 is 2. The second kappa shape index (κ2) is 13.4. The van der Waals surface area contributed by atoms with Crippen molar-refractivity contribution >= 4 is 12.1 Å². The summed E-state index contributed by atoms with van der Waals surface area (Å²) < 4.78 is 51.5. The predicted octanol–water partition coefficient (Wildman–Crippen LogP) is 1.56. The summed E-state index contributed by atoms with van der Waals surface area (Å²) >= 11 is 0. The van der Waals surface area contributed by atoms with Gasteiger partial charge in [0.15, 0.2) is 35.6 Å². The van der Waals surface area contributed by atoms with Crippen LogP contribution in [0.15, 0.2) is 24.3 Å². The Kier molecular flexibility index (Phi) is 9.48. The average molecular weight is 678 g/mol. The highest BCUT2D eigenvalue weighted by Gasteiger charge is 2.56. The number of hydrogen-bond donors (Lipinski definition) is 4. The van der Waals surface area contributed by atoms with Crippen LogP contribution >= 0.6 is 0 Å². The Balaban J connectivity index is 0.000000615. The number of aromatic hydroxyl groups is 1. The van der Waals surface area contributed by atoms with E-state index in [1.807, 2.05) is 0 Å². The smallest absolute Gasteiger partial charge is 0.406 e. The number of esters is 1. The van der Waals surface area contributed by atoms with E-state index in [2.05, 4.69) is 0 Å². The highest BCUT2D eigenvalue weighted by atomic mass is 16.8. The van der Waals surface area contributed by atoms with Gasteiger partial charge in [-0.05, 0) is 47.9 Å². The molecule has 0 aromatic heterocycles. The fraction of sp³-hybridized carbons (Fsp3) is 0.562. The van der Waals surface area contributed by atoms with Gasteiger partial charge in [-0.2, -0.15) is 0 Å². The largest absolute Gasteiger partial charge is 0.502 e. The molecule has 4 aliphatic heterocycles. The lowest BCUT2D eigenvalue weighted by molar-refractivity contribution is -0.364. The Bertz CT molecular complexity index is 1510. The molecule has 0 saturated carbocycles. The minimum Gasteiger partial charge on any atom is -0.502 e. The first-order valence-electron chi connectivity index (χ1n) is 15.3. The average Bonchev–Trinajstić information content (AvgIpc) is 3.69. The van der Waals surface area contributed by atoms with Crippen molar-refractivity contribution < 1.29 is 72.6 Å². The van der Waals surface area contributed by atoms with Crippen molar-refractivity contribution in [2.24, 2.45) is 11.8 Å². The molecule has 2 aromatic carbocycles. The standard InChI is InChI=1S/C29H32O13.C3H7NO2/c1-11-36-9-20-27(40-11)24(31)25(32)29(41-20)42-26-14-7-17-16(38-10-39-17)6-13(14)21(22-15(26)8-37-28(22)33)12-4-18(34-2)23(30)19(5-12)35-3;1-4(2)3(5)6/h4-7,11,15,20-22,24-27,29-32H,8-10H2,1-3H3;1-2H3,(H,5,6)/t11-,15?,20-,21-,22+,24-,25-,26?,27-,29+;/m1./s1. The topological polar surface area (TPSA) is 201 Å². The zero-order valence-electron chi connectivity index (χ0n) is 26.9. The summed E-state index contributed by atoms with van der Waals surface area (Å²) in [6.45, 7) is 1.93. The highest BCUT2D eigenvalue weighted by Crippen LogP contribution is 2.57. The molecule has 0 radical (unpaired) electrons. The van der Waals surface area contributed by atoms with Gasteiger partial charge in [0.1, 0.15) is 24.4 Å². The number of benzene rings is 2. The van der Waals surface area contributed by atoms with Gasteiger partial charge in [0, 0.05) is 25.9 Å². The number of nitrogens with zero attached hydrogens (tertiary/aromatic N) is 1. The molecule has 10 atom stereocenters. The van der Waals surface area contributed by atoms with E-state index < -0.39 is 72.9 Å². The van der Waals surface area contributed by atoms with Crippen molar-refractivity contribution in [3.05, 3.63) is 41.0 Å². The number of rotatable bonds is 5. The molecule has 262 valence electrons. The third kappa shape index (κ3) is 6.03. The summed E-state index contributed by atoms with van der Waals surface area (Å²) in [5.41, 5.74) is 2.01. The summed E-state index contributed by atoms with van der Waals surface area (Å²) in [4.78, 5) is 24.1. The van der Waals surface area contributed by atoms with Crippen LogP contribution in [0.1, 0.15) is 35.6 Å². The molecule has 48 heavy (non-hydrogen) atoms. The molecule has 0 bridgehead atoms. The maximum atomic E-state index is 13.4. The third-order valence-electron chi connectivity index (χ3n) is 9.13. The Morgan fingerprint density at radius 2 is 1.54 bits per heavy atom. The first-order valence-corrected chi connectivity index (χ1v) is 15.3. The van der Waals surface area contributed by atoms with Crippen LogP contribution in [0.5, 0.6) is 28.7 Å². The molecule has 2 aromatic rings. The molecule has 16 heteroatoms. The van der Waals surface area contributed by atoms with Crippen LogP contribution in [0, 0.1) is 11.8 Å². The molecule has 0 spiro atoms. The van der Waals surface area contributed by atoms with Crippen LogP contribution in [0.2, 0.25) is 0 Å². The van der Waals surface area contributed by atoms with Crippen molar-refractivity contribution in [3.8, 4) is 28.7 Å². The molecule has 16 nitrogen and oxygen atoms in total. The molecule has 3 fully saturated rings. The van der Waals surface area contributed by atoms with Gasteiger partial charge in [-0.25, -0.2) is 4.79 Å². The van der Waals surface area contributed by atoms with Crippen molar-refractivity contribution in [2.45, 2.75) is 55.9 Å². The number of cyclic esters (lactones) is 1. The second-order valence-electron chi connectivity index (χ2n) is 12.2. The van der Waals surface area contributed by atoms with Crippen LogP contribution in [-0.4, -0.2) is 123 Å². The number of carbonyl (C=O) groups is 2. The fourth-order valence-corrected chi connectivity index (χ4v) is 6.74. The van der Waals surface area contributed by atoms with Gasteiger partial charge in [-0.1, -0.05) is 0 Å². The van der Waals surface area contributed by atoms with Gasteiger partial charge in [-0.3, -0.25) is 4.79 Å². The summed E-state index contributed by atoms with van der Waals surface area (Å²) in [7, 11) is 5.81. The molecule has 7 rings (SSSR count). The summed E-state index contributed by atoms with van der Waals surface area (Å²) in [6.07, 6.45) is -7.70. The van der Waals surface area contributed by atoms with Crippen LogP contribution in [0.25, 0.3) is 0 Å². The van der Waals surface area contributed by atoms with E-state index in [9.17, 15) is 24.9 Å². The Morgan fingerprint density at radius 3 is 2.15 bits per heavy atom. The molecule has 2 unspecified atom stereocenters. The molecular weight excluding hydrogens is 638 g/mol. The number of aliphatic hydroxyl groups is 2. The van der Waals surface area contributed by atoms with E-state index in [-0.39, 0.29) is 37.3 Å². The SMILES string of the molecule is CN(C)C(=O)O.COc1cc([C@@H]2c3cc4c(cc3C(O[C@@H]3O[C@@H]5CO[C@@H](C)O[C@H]5[C@H](O)[C@H]3O)C3COC(=O)[C@@H]32)OCO4)cc(OC)c1O. The highest BCUT2D eigenvalue weighted by molar-refractivity contribution is 5.79. The summed E-state index contributed by atoms with van der Waals surface area (Å²) in [5.74, 6) is -1.02. The van der Waals surface area contributed by atoms with E-state index >= 15 is 0 Å². The van der Waals surface area contributed by atoms with Gasteiger partial charge in [0.25, 0.3) is 0 Å². The van der Waals surface area contributed by atoms with Gasteiger partial charge < -0.3 is 68.0 Å². The maximum Gasteiger partial charge on any atom is 0.406 e. The van der Waals surface area contributed by atoms with Crippen LogP contribution in [0.3, 0.4) is 0 Å². The molecule has 1 amide bonds. The van der Waals surface area contributed by atoms with E-state index in [4.69, 9.17) is 47.7 Å². The van der Waals surface area contributed by atoms with Crippen molar-refractivity contribution in [1.29, 1.82) is 0 Å². The van der Waals surface area contributed by atoms with Crippen molar-refractivity contribution in [2.75, 3.05) is 48.3 Å². The van der Waals surface area contributed by atoms with Crippen LogP contribution in [0.4, 0.5) is 4.79 Å². The number of fused-ring (bicyclic) bond motifs is 4.